The smallest absolute Gasteiger partial charge is 0.322 e. The Balaban J connectivity index is 2.60. The molecular formula is C19H20ClN3O6. The number of hydrogen-bond donors (Lipinski definition) is 5. The molecule has 154 valence electrons. The summed E-state index contributed by atoms with van der Waals surface area (Å²) in [5.41, 5.74) is -1.35. The summed E-state index contributed by atoms with van der Waals surface area (Å²) in [6.07, 6.45) is 0.0142. The highest BCUT2D eigenvalue weighted by molar-refractivity contribution is 6.31. The van der Waals surface area contributed by atoms with Crippen LogP contribution in [0.1, 0.15) is 45.8 Å². The van der Waals surface area contributed by atoms with Gasteiger partial charge in [-0.1, -0.05) is 29.8 Å². The van der Waals surface area contributed by atoms with Crippen LogP contribution >= 0.6 is 11.6 Å². The summed E-state index contributed by atoms with van der Waals surface area (Å²) >= 11 is 6.15. The molecule has 0 atom stereocenters. The lowest BCUT2D eigenvalue weighted by Gasteiger charge is -2.16. The molecule has 29 heavy (non-hydrogen) atoms. The third kappa shape index (κ3) is 5.35. The zero-order chi connectivity index (χ0) is 21.7. The van der Waals surface area contributed by atoms with Crippen LogP contribution in [0.15, 0.2) is 29.1 Å². The monoisotopic (exact) mass is 421 g/mol. The number of benzene rings is 1. The third-order valence-electron chi connectivity index (χ3n) is 3.87. The highest BCUT2D eigenvalue weighted by Gasteiger charge is 2.27. The van der Waals surface area contributed by atoms with E-state index in [0.717, 1.165) is 0 Å². The Morgan fingerprint density at radius 3 is 2.38 bits per heavy atom. The molecule has 2 rings (SSSR count). The standard InChI is InChI=1S/C19H20ClN3O6/c1-9(2)22-18(28)14-12(7-10-5-3-4-6-11(10)20)23-19(29)15(16(14)26)17(27)21-8-13(24)25/h3-6,9H,7-8H2,1-2H3,(H,21,27)(H,22,28)(H,24,25)(H2,23,26,29). The molecule has 0 aliphatic heterocycles. The molecule has 0 fully saturated rings. The number of halogens is 1. The minimum absolute atomic E-state index is 0.0142. The van der Waals surface area contributed by atoms with Gasteiger partial charge in [0, 0.05) is 23.2 Å². The highest BCUT2D eigenvalue weighted by atomic mass is 35.5. The van der Waals surface area contributed by atoms with Gasteiger partial charge in [-0.25, -0.2) is 0 Å². The molecule has 1 aromatic carbocycles. The normalized spacial score (nSPS) is 10.6. The zero-order valence-electron chi connectivity index (χ0n) is 15.7. The number of H-pyrrole nitrogens is 1. The number of hydrogen-bond acceptors (Lipinski definition) is 5. The molecule has 2 amide bonds. The molecule has 0 radical (unpaired) electrons. The first-order chi connectivity index (χ1) is 13.6. The fourth-order valence-electron chi connectivity index (χ4n) is 2.64. The van der Waals surface area contributed by atoms with Gasteiger partial charge in [0.25, 0.3) is 17.4 Å². The van der Waals surface area contributed by atoms with Gasteiger partial charge in [-0.05, 0) is 25.5 Å². The molecule has 5 N–H and O–H groups in total. The first kappa shape index (κ1) is 22.0. The minimum Gasteiger partial charge on any atom is -0.506 e. The van der Waals surface area contributed by atoms with Crippen molar-refractivity contribution in [2.75, 3.05) is 6.54 Å². The van der Waals surface area contributed by atoms with Crippen molar-refractivity contribution in [3.63, 3.8) is 0 Å². The van der Waals surface area contributed by atoms with Gasteiger partial charge in [-0.15, -0.1) is 0 Å². The van der Waals surface area contributed by atoms with E-state index >= 15 is 0 Å². The Bertz CT molecular complexity index is 1020. The van der Waals surface area contributed by atoms with E-state index < -0.39 is 41.2 Å². The number of aromatic amines is 1. The van der Waals surface area contributed by atoms with E-state index in [4.69, 9.17) is 16.7 Å². The average molecular weight is 422 g/mol. The van der Waals surface area contributed by atoms with Gasteiger partial charge in [0.05, 0.1) is 0 Å². The van der Waals surface area contributed by atoms with Crippen molar-refractivity contribution >= 4 is 29.4 Å². The lowest BCUT2D eigenvalue weighted by molar-refractivity contribution is -0.135. The van der Waals surface area contributed by atoms with Gasteiger partial charge in [0.1, 0.15) is 23.4 Å². The fourth-order valence-corrected chi connectivity index (χ4v) is 2.84. The summed E-state index contributed by atoms with van der Waals surface area (Å²) in [7, 11) is 0. The van der Waals surface area contributed by atoms with E-state index in [-0.39, 0.29) is 23.7 Å². The molecule has 0 aliphatic carbocycles. The summed E-state index contributed by atoms with van der Waals surface area (Å²) in [6.45, 7) is 2.65. The van der Waals surface area contributed by atoms with Crippen LogP contribution in [0.4, 0.5) is 0 Å². The average Bonchev–Trinajstić information content (AvgIpc) is 2.61. The molecule has 9 nitrogen and oxygen atoms in total. The SMILES string of the molecule is CC(C)NC(=O)c1c(Cc2ccccc2Cl)[nH]c(=O)c(C(=O)NCC(=O)O)c1O. The summed E-state index contributed by atoms with van der Waals surface area (Å²) in [6, 6.07) is 6.48. The van der Waals surface area contributed by atoms with Crippen molar-refractivity contribution in [2.24, 2.45) is 0 Å². The van der Waals surface area contributed by atoms with Crippen LogP contribution in [0, 0.1) is 0 Å². The van der Waals surface area contributed by atoms with Crippen molar-refractivity contribution in [2.45, 2.75) is 26.3 Å². The fraction of sp³-hybridized carbons (Fsp3) is 0.263. The number of carboxylic acids is 1. The first-order valence-corrected chi connectivity index (χ1v) is 9.02. The highest BCUT2D eigenvalue weighted by Crippen LogP contribution is 2.26. The molecule has 0 saturated heterocycles. The van der Waals surface area contributed by atoms with Crippen molar-refractivity contribution < 1.29 is 24.6 Å². The number of nitrogens with one attached hydrogen (secondary N) is 3. The maximum Gasteiger partial charge on any atom is 0.322 e. The van der Waals surface area contributed by atoms with Crippen molar-refractivity contribution in [1.82, 2.24) is 15.6 Å². The Morgan fingerprint density at radius 2 is 1.79 bits per heavy atom. The molecule has 0 aliphatic rings. The van der Waals surface area contributed by atoms with Gasteiger partial charge >= 0.3 is 5.97 Å². The molecule has 0 bridgehead atoms. The predicted octanol–water partition coefficient (Wildman–Crippen LogP) is 1.28. The van der Waals surface area contributed by atoms with E-state index in [1.165, 1.54) is 0 Å². The first-order valence-electron chi connectivity index (χ1n) is 8.64. The molecular weight excluding hydrogens is 402 g/mol. The summed E-state index contributed by atoms with van der Waals surface area (Å²) in [4.78, 5) is 50.4. The Labute approximate surface area is 170 Å². The van der Waals surface area contributed by atoms with E-state index in [1.54, 1.807) is 38.1 Å². The number of aliphatic carboxylic acids is 1. The van der Waals surface area contributed by atoms with Crippen molar-refractivity contribution in [1.29, 1.82) is 0 Å². The Morgan fingerprint density at radius 1 is 1.14 bits per heavy atom. The van der Waals surface area contributed by atoms with Crippen LogP contribution < -0.4 is 16.2 Å². The van der Waals surface area contributed by atoms with Crippen LogP contribution in [-0.2, 0) is 11.2 Å². The van der Waals surface area contributed by atoms with Gasteiger partial charge < -0.3 is 25.8 Å². The van der Waals surface area contributed by atoms with E-state index in [9.17, 15) is 24.3 Å². The number of pyridine rings is 1. The van der Waals surface area contributed by atoms with Crippen LogP contribution in [0.5, 0.6) is 5.75 Å². The molecule has 10 heteroatoms. The van der Waals surface area contributed by atoms with Crippen LogP contribution in [-0.4, -0.2) is 45.6 Å². The Hall–Kier alpha value is -3.33. The summed E-state index contributed by atoms with van der Waals surface area (Å²) in [5, 5.41) is 24.3. The molecule has 0 saturated carbocycles. The second-order valence-electron chi connectivity index (χ2n) is 6.50. The van der Waals surface area contributed by atoms with Crippen LogP contribution in [0.3, 0.4) is 0 Å². The molecule has 2 aromatic rings. The molecule has 1 heterocycles. The van der Waals surface area contributed by atoms with Gasteiger partial charge in [-0.3, -0.25) is 19.2 Å². The maximum absolute atomic E-state index is 12.7. The Kier molecular flexibility index (Phi) is 7.00. The number of carboxylic acid groups (broad SMARTS) is 1. The second-order valence-corrected chi connectivity index (χ2v) is 6.91. The molecule has 1 aromatic heterocycles. The lowest BCUT2D eigenvalue weighted by Crippen LogP contribution is -2.36. The molecule has 0 unspecified atom stereocenters. The van der Waals surface area contributed by atoms with Crippen molar-refractivity contribution in [3.8, 4) is 5.75 Å². The van der Waals surface area contributed by atoms with Gasteiger partial charge in [0.15, 0.2) is 0 Å². The predicted molar refractivity (Wildman–Crippen MR) is 106 cm³/mol. The topological polar surface area (TPSA) is 149 Å². The number of amides is 2. The minimum atomic E-state index is -1.33. The number of rotatable bonds is 7. The zero-order valence-corrected chi connectivity index (χ0v) is 16.5. The van der Waals surface area contributed by atoms with Crippen LogP contribution in [0.25, 0.3) is 0 Å². The van der Waals surface area contributed by atoms with Crippen molar-refractivity contribution in [3.05, 3.63) is 62.0 Å². The quantitative estimate of drug-likeness (QED) is 0.454. The lowest BCUT2D eigenvalue weighted by atomic mass is 10.0. The van der Waals surface area contributed by atoms with Crippen LogP contribution in [0.2, 0.25) is 5.02 Å². The van der Waals surface area contributed by atoms with Gasteiger partial charge in [-0.2, -0.15) is 0 Å². The van der Waals surface area contributed by atoms with Gasteiger partial charge in [0.2, 0.25) is 0 Å². The summed E-state index contributed by atoms with van der Waals surface area (Å²) in [5.74, 6) is -3.99. The number of aromatic nitrogens is 1. The number of aromatic hydroxyl groups is 1. The second kappa shape index (κ2) is 9.24. The van der Waals surface area contributed by atoms with E-state index in [0.29, 0.717) is 10.6 Å². The summed E-state index contributed by atoms with van der Waals surface area (Å²) < 4.78 is 0. The largest absolute Gasteiger partial charge is 0.506 e. The maximum atomic E-state index is 12.7. The van der Waals surface area contributed by atoms with E-state index in [2.05, 4.69) is 10.3 Å². The van der Waals surface area contributed by atoms with E-state index in [1.807, 2.05) is 5.32 Å². The number of carbonyl (C=O) groups excluding carboxylic acids is 2. The molecule has 0 spiro atoms. The number of carbonyl (C=O) groups is 3. The third-order valence-corrected chi connectivity index (χ3v) is 4.23.